The zero-order valence-corrected chi connectivity index (χ0v) is 22.1. The Balaban J connectivity index is 1.70. The number of benzene rings is 3. The fourth-order valence-electron chi connectivity index (χ4n) is 3.86. The third-order valence-electron chi connectivity index (χ3n) is 5.89. The van der Waals surface area contributed by atoms with Crippen molar-refractivity contribution in [2.75, 3.05) is 6.54 Å². The lowest BCUT2D eigenvalue weighted by molar-refractivity contribution is -0.136. The van der Waals surface area contributed by atoms with Crippen LogP contribution in [-0.4, -0.2) is 23.5 Å². The van der Waals surface area contributed by atoms with Crippen LogP contribution in [0.1, 0.15) is 67.3 Å². The number of carboxylic acids is 1. The Bertz CT molecular complexity index is 1150. The molecule has 3 aromatic rings. The summed E-state index contributed by atoms with van der Waals surface area (Å²) in [4.78, 5) is 24.1. The summed E-state index contributed by atoms with van der Waals surface area (Å²) in [7, 11) is 0. The molecule has 0 aliphatic rings. The summed E-state index contributed by atoms with van der Waals surface area (Å²) in [6.45, 7) is 7.63. The standard InChI is InChI=1S/C30H34FNO3S/c1-20(2)19-27(23-5-7-24(8-6-23)29(35)32-18-17-28(33)34)36-26-15-11-22(12-16-26)21-9-13-25(14-10-21)30(3,4)31/h5-16,20,27H,17-19H2,1-4H3,(H,32,35)(H,33,34). The van der Waals surface area contributed by atoms with Gasteiger partial charge in [0.1, 0.15) is 5.67 Å². The second kappa shape index (κ2) is 12.2. The maximum absolute atomic E-state index is 14.2. The summed E-state index contributed by atoms with van der Waals surface area (Å²) < 4.78 is 14.2. The molecule has 36 heavy (non-hydrogen) atoms. The minimum Gasteiger partial charge on any atom is -0.481 e. The number of halogens is 1. The molecule has 2 N–H and O–H groups in total. The molecular formula is C30H34FNO3S. The zero-order valence-electron chi connectivity index (χ0n) is 21.3. The Hall–Kier alpha value is -3.12. The number of thioether (sulfide) groups is 1. The minimum atomic E-state index is -1.35. The lowest BCUT2D eigenvalue weighted by atomic mass is 9.97. The van der Waals surface area contributed by atoms with Crippen molar-refractivity contribution >= 4 is 23.6 Å². The van der Waals surface area contributed by atoms with Crippen LogP contribution in [0, 0.1) is 5.92 Å². The van der Waals surface area contributed by atoms with Gasteiger partial charge in [-0.25, -0.2) is 4.39 Å². The second-order valence-electron chi connectivity index (χ2n) is 9.83. The molecule has 0 radical (unpaired) electrons. The monoisotopic (exact) mass is 507 g/mol. The zero-order chi connectivity index (χ0) is 26.3. The van der Waals surface area contributed by atoms with Gasteiger partial charge in [0.15, 0.2) is 0 Å². The Labute approximate surface area is 217 Å². The summed E-state index contributed by atoms with van der Waals surface area (Å²) >= 11 is 1.80. The molecule has 190 valence electrons. The van der Waals surface area contributed by atoms with Gasteiger partial charge in [-0.05, 0) is 72.7 Å². The van der Waals surface area contributed by atoms with Crippen molar-refractivity contribution in [2.45, 2.75) is 56.4 Å². The number of carboxylic acid groups (broad SMARTS) is 1. The summed E-state index contributed by atoms with van der Waals surface area (Å²) in [6, 6.07) is 23.6. The summed E-state index contributed by atoms with van der Waals surface area (Å²) in [5.74, 6) is -0.709. The smallest absolute Gasteiger partial charge is 0.305 e. The van der Waals surface area contributed by atoms with Crippen molar-refractivity contribution in [2.24, 2.45) is 5.92 Å². The Morgan fingerprint density at radius 3 is 1.97 bits per heavy atom. The van der Waals surface area contributed by atoms with Gasteiger partial charge in [0.2, 0.25) is 0 Å². The highest BCUT2D eigenvalue weighted by molar-refractivity contribution is 7.99. The molecule has 0 saturated heterocycles. The number of aliphatic carboxylic acids is 1. The number of hydrogen-bond acceptors (Lipinski definition) is 3. The van der Waals surface area contributed by atoms with Gasteiger partial charge >= 0.3 is 5.97 Å². The quantitative estimate of drug-likeness (QED) is 0.262. The normalized spacial score (nSPS) is 12.4. The number of carbonyl (C=O) groups excluding carboxylic acids is 1. The lowest BCUT2D eigenvalue weighted by Crippen LogP contribution is -2.25. The highest BCUT2D eigenvalue weighted by atomic mass is 32.2. The van der Waals surface area contributed by atoms with Gasteiger partial charge in [-0.3, -0.25) is 9.59 Å². The Morgan fingerprint density at radius 2 is 1.47 bits per heavy atom. The number of hydrogen-bond donors (Lipinski definition) is 2. The first-order chi connectivity index (χ1) is 17.0. The number of rotatable bonds is 11. The Kier molecular flexibility index (Phi) is 9.32. The van der Waals surface area contributed by atoms with Gasteiger partial charge in [0, 0.05) is 22.3 Å². The third kappa shape index (κ3) is 7.95. The highest BCUT2D eigenvalue weighted by Crippen LogP contribution is 2.40. The molecule has 0 heterocycles. The fourth-order valence-corrected chi connectivity index (χ4v) is 5.26. The van der Waals surface area contributed by atoms with E-state index >= 15 is 0 Å². The second-order valence-corrected chi connectivity index (χ2v) is 11.1. The minimum absolute atomic E-state index is 0.100. The van der Waals surface area contributed by atoms with Crippen molar-refractivity contribution in [1.82, 2.24) is 5.32 Å². The van der Waals surface area contributed by atoms with E-state index in [9.17, 15) is 14.0 Å². The molecule has 0 spiro atoms. The predicted octanol–water partition coefficient (Wildman–Crippen LogP) is 7.64. The molecule has 4 nitrogen and oxygen atoms in total. The molecule has 0 aliphatic carbocycles. The van der Waals surface area contributed by atoms with Crippen LogP contribution in [0.2, 0.25) is 0 Å². The molecule has 0 saturated carbocycles. The number of carbonyl (C=O) groups is 2. The van der Waals surface area contributed by atoms with E-state index in [4.69, 9.17) is 5.11 Å². The lowest BCUT2D eigenvalue weighted by Gasteiger charge is -2.20. The van der Waals surface area contributed by atoms with E-state index in [1.807, 2.05) is 36.4 Å². The van der Waals surface area contributed by atoms with Gasteiger partial charge in [-0.1, -0.05) is 62.4 Å². The first-order valence-corrected chi connectivity index (χ1v) is 13.1. The maximum Gasteiger partial charge on any atom is 0.305 e. The first-order valence-electron chi connectivity index (χ1n) is 12.2. The Morgan fingerprint density at radius 1 is 0.917 bits per heavy atom. The van der Waals surface area contributed by atoms with Crippen LogP contribution in [0.4, 0.5) is 4.39 Å². The summed E-state index contributed by atoms with van der Waals surface area (Å²) in [6.07, 6.45) is 0.883. The van der Waals surface area contributed by atoms with Crippen LogP contribution in [0.5, 0.6) is 0 Å². The van der Waals surface area contributed by atoms with E-state index in [0.717, 1.165) is 28.0 Å². The molecule has 3 rings (SSSR count). The topological polar surface area (TPSA) is 66.4 Å². The molecule has 6 heteroatoms. The van der Waals surface area contributed by atoms with Gasteiger partial charge in [0.25, 0.3) is 5.91 Å². The highest BCUT2D eigenvalue weighted by Gasteiger charge is 2.19. The molecule has 0 aliphatic heterocycles. The number of nitrogens with one attached hydrogen (secondary N) is 1. The van der Waals surface area contributed by atoms with E-state index in [2.05, 4.69) is 43.4 Å². The van der Waals surface area contributed by atoms with Gasteiger partial charge in [0.05, 0.1) is 6.42 Å². The maximum atomic E-state index is 14.2. The van der Waals surface area contributed by atoms with Gasteiger partial charge < -0.3 is 10.4 Å². The van der Waals surface area contributed by atoms with Crippen LogP contribution in [0.25, 0.3) is 11.1 Å². The van der Waals surface area contributed by atoms with Crippen molar-refractivity contribution in [3.05, 3.63) is 89.5 Å². The van der Waals surface area contributed by atoms with Crippen LogP contribution in [-0.2, 0) is 10.5 Å². The molecule has 1 atom stereocenters. The largest absolute Gasteiger partial charge is 0.481 e. The van der Waals surface area contributed by atoms with Crippen LogP contribution >= 0.6 is 11.8 Å². The van der Waals surface area contributed by atoms with E-state index in [-0.39, 0.29) is 24.1 Å². The summed E-state index contributed by atoms with van der Waals surface area (Å²) in [5.41, 5.74) is 3.11. The van der Waals surface area contributed by atoms with Crippen molar-refractivity contribution < 1.29 is 19.1 Å². The van der Waals surface area contributed by atoms with Crippen LogP contribution < -0.4 is 5.32 Å². The van der Waals surface area contributed by atoms with Crippen molar-refractivity contribution in [1.29, 1.82) is 0 Å². The third-order valence-corrected chi connectivity index (χ3v) is 7.19. The van der Waals surface area contributed by atoms with E-state index in [1.54, 1.807) is 37.7 Å². The van der Waals surface area contributed by atoms with Crippen molar-refractivity contribution in [3.8, 4) is 11.1 Å². The molecule has 3 aromatic carbocycles. The average Bonchev–Trinajstić information content (AvgIpc) is 2.83. The van der Waals surface area contributed by atoms with E-state index < -0.39 is 11.6 Å². The SMILES string of the molecule is CC(C)CC(Sc1ccc(-c2ccc(C(C)(C)F)cc2)cc1)c1ccc(C(=O)NCCC(=O)O)cc1. The molecule has 1 unspecified atom stereocenters. The van der Waals surface area contributed by atoms with Gasteiger partial charge in [-0.2, -0.15) is 0 Å². The molecule has 0 bridgehead atoms. The van der Waals surface area contributed by atoms with E-state index in [0.29, 0.717) is 17.0 Å². The van der Waals surface area contributed by atoms with E-state index in [1.165, 1.54) is 0 Å². The molecule has 0 aromatic heterocycles. The first kappa shape index (κ1) is 27.5. The van der Waals surface area contributed by atoms with Crippen LogP contribution in [0.3, 0.4) is 0 Å². The van der Waals surface area contributed by atoms with Crippen molar-refractivity contribution in [3.63, 3.8) is 0 Å². The predicted molar refractivity (Wildman–Crippen MR) is 145 cm³/mol. The number of amides is 1. The molecule has 1 amide bonds. The summed E-state index contributed by atoms with van der Waals surface area (Å²) in [5, 5.41) is 11.6. The number of alkyl halides is 1. The average molecular weight is 508 g/mol. The molecular weight excluding hydrogens is 473 g/mol. The van der Waals surface area contributed by atoms with Gasteiger partial charge in [-0.15, -0.1) is 11.8 Å². The molecule has 0 fully saturated rings. The van der Waals surface area contributed by atoms with Crippen LogP contribution in [0.15, 0.2) is 77.7 Å². The fraction of sp³-hybridized carbons (Fsp3) is 0.333.